The van der Waals surface area contributed by atoms with E-state index in [0.29, 0.717) is 0 Å². The van der Waals surface area contributed by atoms with E-state index in [0.717, 1.165) is 22.7 Å². The molecule has 9 aromatic rings. The molecule has 0 bridgehead atoms. The van der Waals surface area contributed by atoms with Crippen LogP contribution in [0, 0.1) is 0 Å². The number of fused-ring (bicyclic) bond motifs is 4. The summed E-state index contributed by atoms with van der Waals surface area (Å²) in [6, 6.07) is 76.9. The summed E-state index contributed by atoms with van der Waals surface area (Å²) in [4.78, 5) is 4.90. The maximum atomic E-state index is 2.49. The van der Waals surface area contributed by atoms with E-state index in [1.165, 1.54) is 60.7 Å². The van der Waals surface area contributed by atoms with Crippen molar-refractivity contribution in [1.29, 1.82) is 0 Å². The molecule has 8 aromatic carbocycles. The van der Waals surface area contributed by atoms with Gasteiger partial charge in [-0.25, -0.2) is 0 Å². The van der Waals surface area contributed by atoms with Crippen LogP contribution in [0.5, 0.6) is 0 Å². The van der Waals surface area contributed by atoms with Crippen LogP contribution in [-0.4, -0.2) is 14.1 Å². The average molecular weight is 708 g/mol. The Balaban J connectivity index is 1.14. The summed E-state index contributed by atoms with van der Waals surface area (Å²) in [5, 5.41) is 4.23. The van der Waals surface area contributed by atoms with Gasteiger partial charge in [-0.2, -0.15) is 0 Å². The van der Waals surface area contributed by atoms with Crippen LogP contribution in [0.25, 0.3) is 38.8 Å². The van der Waals surface area contributed by atoms with E-state index in [1.54, 1.807) is 0 Å². The van der Waals surface area contributed by atoms with E-state index in [1.807, 2.05) is 0 Å². The van der Waals surface area contributed by atoms with Gasteiger partial charge in [0.05, 0.1) is 15.0 Å². The Morgan fingerprint density at radius 3 is 1.43 bits per heavy atom. The number of benzene rings is 8. The highest BCUT2D eigenvalue weighted by Crippen LogP contribution is 2.42. The Hall–Kier alpha value is -6.88. The first kappa shape index (κ1) is 31.8. The van der Waals surface area contributed by atoms with Crippen molar-refractivity contribution in [3.63, 3.8) is 0 Å². The molecule has 0 spiro atoms. The molecule has 1 aliphatic heterocycles. The van der Waals surface area contributed by atoms with Crippen LogP contribution in [0.3, 0.4) is 0 Å². The average Bonchev–Trinajstić information content (AvgIpc) is 3.58. The molecule has 0 saturated heterocycles. The number of nitrogens with zero attached hydrogens (tertiary/aromatic N) is 3. The number of aromatic nitrogens is 1. The number of hydrogen-bond donors (Lipinski definition) is 0. The third-order valence-electron chi connectivity index (χ3n) is 10.6. The summed E-state index contributed by atoms with van der Waals surface area (Å²) in [6.45, 7) is 0. The van der Waals surface area contributed by atoms with Gasteiger partial charge in [0, 0.05) is 39.5 Å². The molecule has 1 aliphatic rings. The molecule has 0 unspecified atom stereocenters. The van der Waals surface area contributed by atoms with Gasteiger partial charge in [-0.15, -0.1) is 0 Å². The van der Waals surface area contributed by atoms with Crippen molar-refractivity contribution in [1.82, 2.24) is 4.57 Å². The van der Waals surface area contributed by atoms with Crippen molar-refractivity contribution < 1.29 is 0 Å². The minimum Gasteiger partial charge on any atom is -0.311 e. The first-order chi connectivity index (χ1) is 26.8. The molecule has 4 heteroatoms. The van der Waals surface area contributed by atoms with Gasteiger partial charge in [0.25, 0.3) is 0 Å². The smallest absolute Gasteiger partial charge is 0.122 e. The SMILES string of the molecule is c1ccc(-c2ccc(N(c3ccc(-c4ccccc4)cc3)c3ccc4c(c3)[SiH2]c3c(n(-c5ccccc5)c5ccccc35)N4c3ccccc3)cc2)cc1. The molecule has 0 amide bonds. The third kappa shape index (κ3) is 5.61. The molecule has 3 nitrogen and oxygen atoms in total. The molecule has 0 saturated carbocycles. The van der Waals surface area contributed by atoms with Crippen LogP contribution in [-0.2, 0) is 0 Å². The Labute approximate surface area is 318 Å². The van der Waals surface area contributed by atoms with Crippen LogP contribution < -0.4 is 20.2 Å². The molecule has 0 N–H and O–H groups in total. The lowest BCUT2D eigenvalue weighted by atomic mass is 10.0. The van der Waals surface area contributed by atoms with Crippen molar-refractivity contribution in [2.24, 2.45) is 0 Å². The van der Waals surface area contributed by atoms with Gasteiger partial charge in [0.15, 0.2) is 0 Å². The zero-order valence-corrected chi connectivity index (χ0v) is 31.2. The number of rotatable bonds is 7. The predicted molar refractivity (Wildman–Crippen MR) is 231 cm³/mol. The summed E-state index contributed by atoms with van der Waals surface area (Å²) in [5.41, 5.74) is 13.1. The molecule has 10 rings (SSSR count). The second kappa shape index (κ2) is 13.6. The predicted octanol–water partition coefficient (Wildman–Crippen LogP) is 11.3. The van der Waals surface area contributed by atoms with E-state index in [9.17, 15) is 0 Å². The van der Waals surface area contributed by atoms with Crippen molar-refractivity contribution >= 4 is 65.1 Å². The highest BCUT2D eigenvalue weighted by atomic mass is 28.2. The highest BCUT2D eigenvalue weighted by molar-refractivity contribution is 6.74. The maximum absolute atomic E-state index is 2.49. The van der Waals surface area contributed by atoms with E-state index >= 15 is 0 Å². The lowest BCUT2D eigenvalue weighted by Gasteiger charge is -2.34. The Kier molecular flexibility index (Phi) is 8.01. The van der Waals surface area contributed by atoms with Gasteiger partial charge in [-0.05, 0) is 105 Å². The van der Waals surface area contributed by atoms with Crippen molar-refractivity contribution in [3.8, 4) is 27.9 Å². The zero-order chi connectivity index (χ0) is 35.8. The fourth-order valence-electron chi connectivity index (χ4n) is 8.07. The van der Waals surface area contributed by atoms with Crippen molar-refractivity contribution in [2.75, 3.05) is 9.80 Å². The van der Waals surface area contributed by atoms with Gasteiger partial charge in [0.2, 0.25) is 0 Å². The monoisotopic (exact) mass is 707 g/mol. The first-order valence-corrected chi connectivity index (χ1v) is 20.0. The van der Waals surface area contributed by atoms with Crippen molar-refractivity contribution in [2.45, 2.75) is 0 Å². The summed E-state index contributed by atoms with van der Waals surface area (Å²) in [5.74, 6) is 1.25. The summed E-state index contributed by atoms with van der Waals surface area (Å²) in [6.07, 6.45) is 0. The van der Waals surface area contributed by atoms with Gasteiger partial charge < -0.3 is 4.90 Å². The lowest BCUT2D eigenvalue weighted by molar-refractivity contribution is 1.08. The summed E-state index contributed by atoms with van der Waals surface area (Å²) < 4.78 is 2.47. The fraction of sp³-hybridized carbons (Fsp3) is 0. The Morgan fingerprint density at radius 1 is 0.389 bits per heavy atom. The van der Waals surface area contributed by atoms with Crippen molar-refractivity contribution in [3.05, 3.63) is 212 Å². The molecule has 256 valence electrons. The number of anilines is 6. The van der Waals surface area contributed by atoms with E-state index in [4.69, 9.17) is 0 Å². The number of para-hydroxylation sites is 3. The Bertz CT molecular complexity index is 2620. The van der Waals surface area contributed by atoms with E-state index in [-0.39, 0.29) is 0 Å². The van der Waals surface area contributed by atoms with Crippen LogP contribution in [0.1, 0.15) is 0 Å². The molecule has 1 aromatic heterocycles. The van der Waals surface area contributed by atoms with Crippen LogP contribution in [0.2, 0.25) is 0 Å². The van der Waals surface area contributed by atoms with E-state index in [2.05, 4.69) is 227 Å². The number of hydrogen-bond acceptors (Lipinski definition) is 2. The standard InChI is InChI=1S/C50H37N3Si/c1-5-15-36(16-6-1)38-25-29-42(30-26-38)51(43-31-27-39(28-32-43)37-17-7-2-8-18-37)44-33-34-47-48(35-44)54-49-45-23-13-14-24-46(45)52(40-19-9-3-10-20-40)50(49)53(47)41-21-11-4-12-22-41/h1-35H,54H2. The lowest BCUT2D eigenvalue weighted by Crippen LogP contribution is -2.40. The highest BCUT2D eigenvalue weighted by Gasteiger charge is 2.32. The Morgan fingerprint density at radius 2 is 0.852 bits per heavy atom. The fourth-order valence-corrected chi connectivity index (χ4v) is 10.2. The largest absolute Gasteiger partial charge is 0.311 e. The second-order valence-corrected chi connectivity index (χ2v) is 15.6. The molecule has 0 fully saturated rings. The molecule has 2 heterocycles. The molecule has 0 atom stereocenters. The first-order valence-electron chi connectivity index (χ1n) is 18.6. The molecular formula is C50H37N3Si. The van der Waals surface area contributed by atoms with E-state index < -0.39 is 9.52 Å². The topological polar surface area (TPSA) is 11.4 Å². The molecule has 0 radical (unpaired) electrons. The quantitative estimate of drug-likeness (QED) is 0.153. The molecule has 54 heavy (non-hydrogen) atoms. The summed E-state index contributed by atoms with van der Waals surface area (Å²) >= 11 is 0. The van der Waals surface area contributed by atoms with Crippen LogP contribution in [0.15, 0.2) is 212 Å². The normalized spacial score (nSPS) is 12.4. The third-order valence-corrected chi connectivity index (χ3v) is 12.6. The van der Waals surface area contributed by atoms with Gasteiger partial charge in [0.1, 0.15) is 5.82 Å². The zero-order valence-electron chi connectivity index (χ0n) is 29.8. The minimum absolute atomic E-state index is 0.923. The summed E-state index contributed by atoms with van der Waals surface area (Å²) in [7, 11) is -0.923. The van der Waals surface area contributed by atoms with Gasteiger partial charge >= 0.3 is 0 Å². The van der Waals surface area contributed by atoms with Gasteiger partial charge in [-0.1, -0.05) is 140 Å². The van der Waals surface area contributed by atoms with Crippen LogP contribution in [0.4, 0.5) is 34.3 Å². The van der Waals surface area contributed by atoms with Crippen LogP contribution >= 0.6 is 0 Å². The minimum atomic E-state index is -0.923. The van der Waals surface area contributed by atoms with Gasteiger partial charge in [-0.3, -0.25) is 9.47 Å². The molecular weight excluding hydrogens is 671 g/mol. The second-order valence-electron chi connectivity index (χ2n) is 13.8. The maximum Gasteiger partial charge on any atom is 0.122 e. The molecule has 0 aliphatic carbocycles.